The van der Waals surface area contributed by atoms with Gasteiger partial charge in [0.2, 0.25) is 5.91 Å². The monoisotopic (exact) mass is 446 g/mol. The topological polar surface area (TPSA) is 80.3 Å². The fraction of sp³-hybridized carbons (Fsp3) is 0.400. The summed E-state index contributed by atoms with van der Waals surface area (Å²) in [5, 5.41) is 13.5. The van der Waals surface area contributed by atoms with Crippen molar-refractivity contribution in [2.45, 2.75) is 25.5 Å². The number of halogens is 1. The van der Waals surface area contributed by atoms with Gasteiger partial charge in [0.25, 0.3) is 0 Å². The van der Waals surface area contributed by atoms with E-state index in [1.165, 1.54) is 11.8 Å². The number of aromatic nitrogens is 4. The predicted octanol–water partition coefficient (Wildman–Crippen LogP) is 2.96. The molecule has 2 aromatic heterocycles. The molecule has 30 heavy (non-hydrogen) atoms. The molecule has 158 valence electrons. The maximum Gasteiger partial charge on any atom is 0.233 e. The van der Waals surface area contributed by atoms with Crippen LogP contribution in [0.1, 0.15) is 17.0 Å². The molecule has 1 aliphatic heterocycles. The van der Waals surface area contributed by atoms with Crippen LogP contribution in [0.2, 0.25) is 5.02 Å². The number of benzene rings is 1. The number of amides is 1. The minimum atomic E-state index is 0.109. The number of rotatable bonds is 6. The van der Waals surface area contributed by atoms with Gasteiger partial charge in [0.1, 0.15) is 12.1 Å². The largest absolute Gasteiger partial charge is 0.361 e. The number of hydrogen-bond donors (Lipinski definition) is 0. The molecule has 1 amide bonds. The van der Waals surface area contributed by atoms with Crippen LogP contribution in [0.5, 0.6) is 0 Å². The zero-order chi connectivity index (χ0) is 21.1. The van der Waals surface area contributed by atoms with Crippen LogP contribution in [0, 0.1) is 13.8 Å². The Kier molecular flexibility index (Phi) is 6.40. The maximum absolute atomic E-state index is 12.7. The molecule has 3 aromatic rings. The van der Waals surface area contributed by atoms with Crippen molar-refractivity contribution < 1.29 is 9.32 Å². The highest BCUT2D eigenvalue weighted by atomic mass is 35.5. The Balaban J connectivity index is 1.30. The molecule has 0 radical (unpaired) electrons. The normalized spacial score (nSPS) is 15.0. The van der Waals surface area contributed by atoms with Gasteiger partial charge in [-0.3, -0.25) is 14.3 Å². The molecular weight excluding hydrogens is 424 g/mol. The molecule has 3 heterocycles. The van der Waals surface area contributed by atoms with Gasteiger partial charge < -0.3 is 9.42 Å². The van der Waals surface area contributed by atoms with Gasteiger partial charge in [-0.15, -0.1) is 10.2 Å². The third-order valence-corrected chi connectivity index (χ3v) is 6.38. The lowest BCUT2D eigenvalue weighted by Gasteiger charge is -2.34. The summed E-state index contributed by atoms with van der Waals surface area (Å²) in [4.78, 5) is 17.0. The summed E-state index contributed by atoms with van der Waals surface area (Å²) < 4.78 is 7.09. The van der Waals surface area contributed by atoms with Gasteiger partial charge in [0.05, 0.1) is 17.1 Å². The molecule has 10 heteroatoms. The van der Waals surface area contributed by atoms with E-state index in [1.807, 2.05) is 47.6 Å². The average Bonchev–Trinajstić information content (AvgIpc) is 3.34. The van der Waals surface area contributed by atoms with Gasteiger partial charge in [-0.25, -0.2) is 0 Å². The van der Waals surface area contributed by atoms with Crippen LogP contribution >= 0.6 is 23.4 Å². The average molecular weight is 447 g/mol. The molecular formula is C20H23ClN6O2S. The number of piperazine rings is 1. The minimum Gasteiger partial charge on any atom is -0.361 e. The lowest BCUT2D eigenvalue weighted by Crippen LogP contribution is -2.48. The highest BCUT2D eigenvalue weighted by Gasteiger charge is 2.23. The highest BCUT2D eigenvalue weighted by Crippen LogP contribution is 2.22. The van der Waals surface area contributed by atoms with Gasteiger partial charge in [-0.05, 0) is 32.0 Å². The van der Waals surface area contributed by atoms with Gasteiger partial charge in [0.15, 0.2) is 5.16 Å². The van der Waals surface area contributed by atoms with E-state index in [0.29, 0.717) is 29.0 Å². The summed E-state index contributed by atoms with van der Waals surface area (Å²) in [6, 6.07) is 7.46. The van der Waals surface area contributed by atoms with E-state index in [1.54, 1.807) is 6.33 Å². The summed E-state index contributed by atoms with van der Waals surface area (Å²) in [6.07, 6.45) is 1.63. The van der Waals surface area contributed by atoms with E-state index >= 15 is 0 Å². The summed E-state index contributed by atoms with van der Waals surface area (Å²) in [5.74, 6) is 1.30. The molecule has 8 nitrogen and oxygen atoms in total. The minimum absolute atomic E-state index is 0.109. The molecule has 0 bridgehead atoms. The highest BCUT2D eigenvalue weighted by molar-refractivity contribution is 7.99. The van der Waals surface area contributed by atoms with E-state index in [4.69, 9.17) is 16.1 Å². The van der Waals surface area contributed by atoms with Crippen molar-refractivity contribution in [3.63, 3.8) is 0 Å². The molecule has 0 N–H and O–H groups in total. The summed E-state index contributed by atoms with van der Waals surface area (Å²) in [6.45, 7) is 7.80. The lowest BCUT2D eigenvalue weighted by molar-refractivity contribution is -0.130. The fourth-order valence-electron chi connectivity index (χ4n) is 3.45. The third-order valence-electron chi connectivity index (χ3n) is 5.22. The predicted molar refractivity (Wildman–Crippen MR) is 115 cm³/mol. The first-order chi connectivity index (χ1) is 14.5. The van der Waals surface area contributed by atoms with Crippen molar-refractivity contribution in [1.82, 2.24) is 29.7 Å². The number of nitrogens with zero attached hydrogens (tertiary/aromatic N) is 6. The first kappa shape index (κ1) is 20.9. The SMILES string of the molecule is Cc1noc(C)c1CN1CCN(C(=O)CSc2nncn2-c2cccc(Cl)c2)CC1. The molecule has 1 aliphatic rings. The summed E-state index contributed by atoms with van der Waals surface area (Å²) in [5.41, 5.74) is 2.95. The Morgan fingerprint density at radius 1 is 1.23 bits per heavy atom. The quantitative estimate of drug-likeness (QED) is 0.538. The Hall–Kier alpha value is -2.36. The van der Waals surface area contributed by atoms with Crippen LogP contribution in [0.3, 0.4) is 0 Å². The second-order valence-corrected chi connectivity index (χ2v) is 8.59. The zero-order valence-corrected chi connectivity index (χ0v) is 18.5. The first-order valence-electron chi connectivity index (χ1n) is 9.72. The number of aryl methyl sites for hydroxylation is 2. The van der Waals surface area contributed by atoms with Crippen molar-refractivity contribution >= 4 is 29.3 Å². The van der Waals surface area contributed by atoms with Crippen molar-refractivity contribution in [3.05, 3.63) is 52.6 Å². The Morgan fingerprint density at radius 3 is 2.73 bits per heavy atom. The third kappa shape index (κ3) is 4.69. The fourth-order valence-corrected chi connectivity index (χ4v) is 4.47. The van der Waals surface area contributed by atoms with E-state index in [-0.39, 0.29) is 5.91 Å². The van der Waals surface area contributed by atoms with Crippen LogP contribution in [-0.2, 0) is 11.3 Å². The Bertz CT molecular complexity index is 1010. The number of carbonyl (C=O) groups excluding carboxylic acids is 1. The van der Waals surface area contributed by atoms with E-state index in [9.17, 15) is 4.79 Å². The molecule has 0 atom stereocenters. The van der Waals surface area contributed by atoms with Gasteiger partial charge in [0, 0.05) is 43.3 Å². The Morgan fingerprint density at radius 2 is 2.03 bits per heavy atom. The molecule has 1 aromatic carbocycles. The molecule has 0 unspecified atom stereocenters. The molecule has 0 aliphatic carbocycles. The van der Waals surface area contributed by atoms with Crippen molar-refractivity contribution in [2.24, 2.45) is 0 Å². The summed E-state index contributed by atoms with van der Waals surface area (Å²) in [7, 11) is 0. The van der Waals surface area contributed by atoms with Crippen LogP contribution in [0.25, 0.3) is 5.69 Å². The van der Waals surface area contributed by atoms with E-state index in [0.717, 1.165) is 42.3 Å². The van der Waals surface area contributed by atoms with E-state index < -0.39 is 0 Å². The Labute approximate surface area is 184 Å². The number of hydrogen-bond acceptors (Lipinski definition) is 7. The van der Waals surface area contributed by atoms with Gasteiger partial charge >= 0.3 is 0 Å². The van der Waals surface area contributed by atoms with Crippen LogP contribution in [-0.4, -0.2) is 67.6 Å². The number of thioether (sulfide) groups is 1. The molecule has 1 saturated heterocycles. The summed E-state index contributed by atoms with van der Waals surface area (Å²) >= 11 is 7.47. The van der Waals surface area contributed by atoms with Crippen molar-refractivity contribution in [2.75, 3.05) is 31.9 Å². The second kappa shape index (κ2) is 9.20. The smallest absolute Gasteiger partial charge is 0.233 e. The van der Waals surface area contributed by atoms with Crippen molar-refractivity contribution in [1.29, 1.82) is 0 Å². The first-order valence-corrected chi connectivity index (χ1v) is 11.1. The van der Waals surface area contributed by atoms with Crippen molar-refractivity contribution in [3.8, 4) is 5.69 Å². The standard InChI is InChI=1S/C20H23ClN6O2S/c1-14-18(15(2)29-24-14)11-25-6-8-26(9-7-25)19(28)12-30-20-23-22-13-27(20)17-5-3-4-16(21)10-17/h3-5,10,13H,6-9,11-12H2,1-2H3. The maximum atomic E-state index is 12.7. The molecule has 0 spiro atoms. The zero-order valence-electron chi connectivity index (χ0n) is 16.9. The van der Waals surface area contributed by atoms with Crippen LogP contribution in [0.4, 0.5) is 0 Å². The number of carbonyl (C=O) groups is 1. The lowest BCUT2D eigenvalue weighted by atomic mass is 10.2. The molecule has 1 fully saturated rings. The van der Waals surface area contributed by atoms with E-state index in [2.05, 4.69) is 20.3 Å². The second-order valence-electron chi connectivity index (χ2n) is 7.21. The van der Waals surface area contributed by atoms with Crippen LogP contribution < -0.4 is 0 Å². The van der Waals surface area contributed by atoms with Crippen LogP contribution in [0.15, 0.2) is 40.3 Å². The van der Waals surface area contributed by atoms with Gasteiger partial charge in [-0.1, -0.05) is 34.6 Å². The molecule has 0 saturated carbocycles. The molecule has 4 rings (SSSR count). The van der Waals surface area contributed by atoms with Gasteiger partial charge in [-0.2, -0.15) is 0 Å².